The topological polar surface area (TPSA) is 63.6 Å². The molecule has 0 aromatic rings. The molecule has 0 heterocycles. The molecule has 0 aliphatic rings. The summed E-state index contributed by atoms with van der Waals surface area (Å²) in [5.74, 6) is 0. The fraction of sp³-hybridized carbons (Fsp3) is 0.900. The maximum atomic E-state index is 9.98. The molecule has 0 bridgehead atoms. The number of hydrogen-bond acceptors (Lipinski definition) is 3. The van der Waals surface area contributed by atoms with Crippen LogP contribution in [-0.2, 0) is 0 Å². The van der Waals surface area contributed by atoms with Gasteiger partial charge in [-0.15, -0.1) is 12.4 Å². The molecule has 0 atom stereocenters. The number of likely N-dealkylation sites (N-methyl/N-ethyl adjacent to an activating group) is 1. The first-order valence-corrected chi connectivity index (χ1v) is 5.15. The Balaban J connectivity index is -0.000000200. The third-order valence-electron chi connectivity index (χ3n) is 1.79. The molecular formula is C10H25ClN2O3. The van der Waals surface area contributed by atoms with Gasteiger partial charge >= 0.3 is 0 Å². The standard InChI is InChI=1S/C5H11NO2.C5H14NO.ClH/c1-3-6(4-2)5(7)8;1-6(2,3)4-5-7;/h3-4H2,1-2H3,(H,7,8);7H,4-5H2,1-3H3;1H/q;+1;/p-1. The summed E-state index contributed by atoms with van der Waals surface area (Å²) in [6.07, 6.45) is -1.09. The third-order valence-corrected chi connectivity index (χ3v) is 1.79. The zero-order valence-electron chi connectivity index (χ0n) is 10.9. The van der Waals surface area contributed by atoms with Crippen LogP contribution in [0.5, 0.6) is 0 Å². The van der Waals surface area contributed by atoms with Gasteiger partial charge in [-0.3, -0.25) is 0 Å². The minimum absolute atomic E-state index is 0. The monoisotopic (exact) mass is 256 g/mol. The molecule has 0 aliphatic carbocycles. The number of halogens is 1. The van der Waals surface area contributed by atoms with E-state index in [9.17, 15) is 9.90 Å². The van der Waals surface area contributed by atoms with Crippen LogP contribution in [0.15, 0.2) is 0 Å². The van der Waals surface area contributed by atoms with Crippen molar-refractivity contribution in [2.24, 2.45) is 0 Å². The fourth-order valence-corrected chi connectivity index (χ4v) is 0.782. The minimum Gasteiger partial charge on any atom is -0.530 e. The second-order valence-corrected chi connectivity index (χ2v) is 4.18. The molecule has 0 unspecified atom stereocenters. The number of carboxylic acid groups (broad SMARTS) is 1. The van der Waals surface area contributed by atoms with Crippen molar-refractivity contribution in [3.05, 3.63) is 0 Å². The Kier molecular flexibility index (Phi) is 14.3. The van der Waals surface area contributed by atoms with E-state index in [4.69, 9.17) is 5.11 Å². The van der Waals surface area contributed by atoms with E-state index in [1.54, 1.807) is 13.8 Å². The molecule has 0 fully saturated rings. The summed E-state index contributed by atoms with van der Waals surface area (Å²) in [5.41, 5.74) is 0. The highest BCUT2D eigenvalue weighted by atomic mass is 35.5. The quantitative estimate of drug-likeness (QED) is 0.708. The molecule has 0 saturated heterocycles. The number of aliphatic hydroxyl groups is 1. The van der Waals surface area contributed by atoms with Crippen molar-refractivity contribution in [2.45, 2.75) is 13.8 Å². The largest absolute Gasteiger partial charge is 0.530 e. The van der Waals surface area contributed by atoms with E-state index in [-0.39, 0.29) is 19.0 Å². The van der Waals surface area contributed by atoms with Crippen LogP contribution in [0, 0.1) is 0 Å². The first-order valence-electron chi connectivity index (χ1n) is 5.15. The molecule has 0 aliphatic heterocycles. The van der Waals surface area contributed by atoms with E-state index >= 15 is 0 Å². The molecule has 0 rings (SSSR count). The van der Waals surface area contributed by atoms with Gasteiger partial charge in [0.05, 0.1) is 27.7 Å². The van der Waals surface area contributed by atoms with Crippen LogP contribution in [0.2, 0.25) is 0 Å². The molecule has 100 valence electrons. The Bertz CT molecular complexity index is 168. The van der Waals surface area contributed by atoms with Crippen molar-refractivity contribution >= 4 is 18.5 Å². The number of quaternary nitrogens is 1. The molecule has 0 radical (unpaired) electrons. The van der Waals surface area contributed by atoms with E-state index < -0.39 is 6.09 Å². The maximum absolute atomic E-state index is 9.98. The Hall–Kier alpha value is -0.520. The van der Waals surface area contributed by atoms with Gasteiger partial charge in [0.25, 0.3) is 0 Å². The van der Waals surface area contributed by atoms with Crippen molar-refractivity contribution in [3.63, 3.8) is 0 Å². The van der Waals surface area contributed by atoms with E-state index in [0.717, 1.165) is 11.0 Å². The highest BCUT2D eigenvalue weighted by Crippen LogP contribution is 1.84. The van der Waals surface area contributed by atoms with Crippen LogP contribution in [0.1, 0.15) is 13.8 Å². The second-order valence-electron chi connectivity index (χ2n) is 4.18. The van der Waals surface area contributed by atoms with E-state index in [0.29, 0.717) is 13.1 Å². The third kappa shape index (κ3) is 15.9. The predicted octanol–water partition coefficient (Wildman–Crippen LogP) is -0.222. The summed E-state index contributed by atoms with van der Waals surface area (Å²) in [6, 6.07) is 0. The maximum Gasteiger partial charge on any atom is 0.136 e. The number of aliphatic hydroxyl groups excluding tert-OH is 1. The van der Waals surface area contributed by atoms with Crippen LogP contribution in [-0.4, -0.2) is 68.0 Å². The molecule has 0 saturated carbocycles. The Morgan fingerprint density at radius 3 is 1.62 bits per heavy atom. The Morgan fingerprint density at radius 1 is 1.25 bits per heavy atom. The molecule has 1 amide bonds. The lowest BCUT2D eigenvalue weighted by Gasteiger charge is -2.21. The van der Waals surface area contributed by atoms with Crippen LogP contribution >= 0.6 is 12.4 Å². The van der Waals surface area contributed by atoms with Crippen molar-refractivity contribution in [2.75, 3.05) is 47.4 Å². The lowest BCUT2D eigenvalue weighted by Crippen LogP contribution is -2.40. The molecule has 0 aromatic heterocycles. The summed E-state index contributed by atoms with van der Waals surface area (Å²) >= 11 is 0. The second kappa shape index (κ2) is 11.0. The van der Waals surface area contributed by atoms with Gasteiger partial charge in [0.2, 0.25) is 0 Å². The summed E-state index contributed by atoms with van der Waals surface area (Å²) in [4.78, 5) is 11.2. The first-order chi connectivity index (χ1) is 6.78. The Morgan fingerprint density at radius 2 is 1.62 bits per heavy atom. The normalized spacial score (nSPS) is 9.62. The van der Waals surface area contributed by atoms with Crippen LogP contribution < -0.4 is 5.11 Å². The predicted molar refractivity (Wildman–Crippen MR) is 65.6 cm³/mol. The molecule has 0 aromatic carbocycles. The summed E-state index contributed by atoms with van der Waals surface area (Å²) in [5, 5.41) is 18.4. The van der Waals surface area contributed by atoms with Gasteiger partial charge in [0.1, 0.15) is 12.6 Å². The van der Waals surface area contributed by atoms with Gasteiger partial charge in [0.15, 0.2) is 0 Å². The van der Waals surface area contributed by atoms with E-state index in [1.807, 2.05) is 0 Å². The molecule has 0 spiro atoms. The van der Waals surface area contributed by atoms with E-state index in [1.165, 1.54) is 4.90 Å². The Labute approximate surface area is 105 Å². The summed E-state index contributed by atoms with van der Waals surface area (Å²) in [7, 11) is 6.16. The average Bonchev–Trinajstić information content (AvgIpc) is 2.04. The van der Waals surface area contributed by atoms with Gasteiger partial charge in [-0.2, -0.15) is 0 Å². The van der Waals surface area contributed by atoms with Gasteiger partial charge in [-0.05, 0) is 13.8 Å². The number of hydrogen-bond donors (Lipinski definition) is 1. The van der Waals surface area contributed by atoms with Gasteiger partial charge in [-0.1, -0.05) is 0 Å². The highest BCUT2D eigenvalue weighted by Gasteiger charge is 2.02. The highest BCUT2D eigenvalue weighted by molar-refractivity contribution is 5.85. The smallest absolute Gasteiger partial charge is 0.136 e. The number of amides is 1. The fourth-order valence-electron chi connectivity index (χ4n) is 0.782. The van der Waals surface area contributed by atoms with Crippen LogP contribution in [0.25, 0.3) is 0 Å². The number of carbonyl (C=O) groups excluding carboxylic acids is 1. The molecular weight excluding hydrogens is 232 g/mol. The zero-order valence-corrected chi connectivity index (χ0v) is 11.7. The molecule has 6 heteroatoms. The van der Waals surface area contributed by atoms with Crippen LogP contribution in [0.4, 0.5) is 4.79 Å². The van der Waals surface area contributed by atoms with Gasteiger partial charge in [-0.25, -0.2) is 0 Å². The zero-order chi connectivity index (χ0) is 12.5. The number of rotatable bonds is 4. The minimum atomic E-state index is -1.09. The molecule has 1 N–H and O–H groups in total. The summed E-state index contributed by atoms with van der Waals surface area (Å²) in [6.45, 7) is 5.69. The lowest BCUT2D eigenvalue weighted by molar-refractivity contribution is -0.870. The van der Waals surface area contributed by atoms with Crippen molar-refractivity contribution in [1.82, 2.24) is 4.90 Å². The number of nitrogens with zero attached hydrogens (tertiary/aromatic N) is 2. The number of carbonyl (C=O) groups is 1. The molecule has 5 nitrogen and oxygen atoms in total. The van der Waals surface area contributed by atoms with Gasteiger partial charge < -0.3 is 24.4 Å². The van der Waals surface area contributed by atoms with Crippen molar-refractivity contribution in [1.29, 1.82) is 0 Å². The van der Waals surface area contributed by atoms with E-state index in [2.05, 4.69) is 21.1 Å². The summed E-state index contributed by atoms with van der Waals surface area (Å²) < 4.78 is 0.844. The molecule has 16 heavy (non-hydrogen) atoms. The average molecular weight is 257 g/mol. The lowest BCUT2D eigenvalue weighted by atomic mass is 10.5. The van der Waals surface area contributed by atoms with Crippen LogP contribution in [0.3, 0.4) is 0 Å². The first kappa shape index (κ1) is 20.8. The SMILES string of the molecule is CCN(CC)C(=O)[O-].C[N+](C)(C)CCO.Cl. The van der Waals surface area contributed by atoms with Crippen molar-refractivity contribution in [3.8, 4) is 0 Å². The van der Waals surface area contributed by atoms with Gasteiger partial charge in [0, 0.05) is 13.1 Å². The van der Waals surface area contributed by atoms with Crippen molar-refractivity contribution < 1.29 is 19.5 Å².